The number of aliphatic carboxylic acids is 1. The summed E-state index contributed by atoms with van der Waals surface area (Å²) in [7, 11) is 0. The van der Waals surface area contributed by atoms with Crippen LogP contribution in [0.25, 0.3) is 11.7 Å². The van der Waals surface area contributed by atoms with Crippen LogP contribution in [0.3, 0.4) is 0 Å². The number of amides is 1. The fraction of sp³-hybridized carbons (Fsp3) is 0.387. The van der Waals surface area contributed by atoms with Crippen molar-refractivity contribution >= 4 is 57.7 Å². The van der Waals surface area contributed by atoms with Gasteiger partial charge in [-0.2, -0.15) is 0 Å². The molecule has 2 fully saturated rings. The summed E-state index contributed by atoms with van der Waals surface area (Å²) in [5.74, 6) is 1.02. The van der Waals surface area contributed by atoms with E-state index in [9.17, 15) is 14.4 Å². The summed E-state index contributed by atoms with van der Waals surface area (Å²) in [6.07, 6.45) is 5.32. The highest BCUT2D eigenvalue weighted by Crippen LogP contribution is 2.35. The van der Waals surface area contributed by atoms with Gasteiger partial charge in [-0.25, -0.2) is 4.98 Å². The first kappa shape index (κ1) is 30.1. The standard InChI is InChI=1S/C31H33N5O6S2/c1-20-6-5-11-35-27(20)32-28(34-14-12-33(13-15-34)18-21-8-9-23-24(16-21)42-19-41-23)22(29(35)39)17-25-30(40)36(31(43)44-25)10-4-2-3-7-26(37)38/h5-6,8-9,11,16-17H,2-4,7,10,12-15,18-19H2,1H3,(H,37,38). The molecule has 6 rings (SSSR count). The second kappa shape index (κ2) is 13.0. The second-order valence-electron chi connectivity index (χ2n) is 11.0. The third-order valence-corrected chi connectivity index (χ3v) is 9.38. The topological polar surface area (TPSA) is 117 Å². The Bertz CT molecular complexity index is 1720. The lowest BCUT2D eigenvalue weighted by Crippen LogP contribution is -2.47. The average Bonchev–Trinajstić information content (AvgIpc) is 3.58. The van der Waals surface area contributed by atoms with Crippen molar-refractivity contribution in [2.75, 3.05) is 44.4 Å². The number of carbonyl (C=O) groups is 2. The number of hydrogen-bond acceptors (Lipinski definition) is 10. The zero-order valence-corrected chi connectivity index (χ0v) is 26.0. The number of carboxylic acid groups (broad SMARTS) is 1. The Labute approximate surface area is 264 Å². The van der Waals surface area contributed by atoms with E-state index in [2.05, 4.69) is 15.9 Å². The number of unbranched alkanes of at least 4 members (excludes halogenated alkanes) is 2. The van der Waals surface area contributed by atoms with Crippen molar-refractivity contribution < 1.29 is 24.2 Å². The maximum absolute atomic E-state index is 13.9. The Balaban J connectivity index is 1.22. The number of carbonyl (C=O) groups excluding carboxylic acids is 1. The van der Waals surface area contributed by atoms with Gasteiger partial charge in [0, 0.05) is 51.9 Å². The molecule has 0 spiro atoms. The SMILES string of the molecule is Cc1cccn2c(=O)c(C=C3SC(=S)N(CCCCCC(=O)O)C3=O)c(N3CCN(Cc4ccc5c(c4)OCO5)CC3)nc12. The third-order valence-electron chi connectivity index (χ3n) is 8.00. The minimum atomic E-state index is -0.828. The van der Waals surface area contributed by atoms with Crippen LogP contribution in [0.15, 0.2) is 46.2 Å². The Morgan fingerprint density at radius 1 is 1.09 bits per heavy atom. The Morgan fingerprint density at radius 2 is 1.89 bits per heavy atom. The predicted molar refractivity (Wildman–Crippen MR) is 172 cm³/mol. The summed E-state index contributed by atoms with van der Waals surface area (Å²) in [5, 5.41) is 8.86. The number of aryl methyl sites for hydroxylation is 1. The monoisotopic (exact) mass is 635 g/mol. The first-order valence-electron chi connectivity index (χ1n) is 14.6. The summed E-state index contributed by atoms with van der Waals surface area (Å²) in [5.41, 5.74) is 2.73. The van der Waals surface area contributed by atoms with Gasteiger partial charge in [0.05, 0.1) is 10.5 Å². The van der Waals surface area contributed by atoms with Gasteiger partial charge in [0.25, 0.3) is 11.5 Å². The van der Waals surface area contributed by atoms with E-state index < -0.39 is 5.97 Å². The van der Waals surface area contributed by atoms with Gasteiger partial charge in [0.15, 0.2) is 11.5 Å². The molecular weight excluding hydrogens is 603 g/mol. The fourth-order valence-electron chi connectivity index (χ4n) is 5.63. The molecule has 0 atom stereocenters. The molecule has 1 N–H and O–H groups in total. The zero-order valence-electron chi connectivity index (χ0n) is 24.4. The number of thioether (sulfide) groups is 1. The van der Waals surface area contributed by atoms with Crippen molar-refractivity contribution in [1.82, 2.24) is 19.2 Å². The predicted octanol–water partition coefficient (Wildman–Crippen LogP) is 3.90. The van der Waals surface area contributed by atoms with Gasteiger partial charge in [-0.1, -0.05) is 42.5 Å². The van der Waals surface area contributed by atoms with Gasteiger partial charge >= 0.3 is 5.97 Å². The van der Waals surface area contributed by atoms with Crippen molar-refractivity contribution in [3.8, 4) is 11.5 Å². The maximum atomic E-state index is 13.9. The Hall–Kier alpha value is -3.94. The van der Waals surface area contributed by atoms with Crippen LogP contribution in [0.2, 0.25) is 0 Å². The minimum Gasteiger partial charge on any atom is -0.481 e. The van der Waals surface area contributed by atoms with Gasteiger partial charge in [0.1, 0.15) is 15.8 Å². The summed E-state index contributed by atoms with van der Waals surface area (Å²) in [4.78, 5) is 49.5. The molecule has 2 saturated heterocycles. The van der Waals surface area contributed by atoms with Gasteiger partial charge in [0.2, 0.25) is 6.79 Å². The average molecular weight is 636 g/mol. The summed E-state index contributed by atoms with van der Waals surface area (Å²) in [6.45, 7) is 6.22. The lowest BCUT2D eigenvalue weighted by molar-refractivity contribution is -0.137. The third kappa shape index (κ3) is 6.30. The molecule has 44 heavy (non-hydrogen) atoms. The summed E-state index contributed by atoms with van der Waals surface area (Å²) >= 11 is 6.69. The lowest BCUT2D eigenvalue weighted by atomic mass is 10.1. The van der Waals surface area contributed by atoms with E-state index in [0.29, 0.717) is 65.2 Å². The first-order chi connectivity index (χ1) is 21.3. The quantitative estimate of drug-likeness (QED) is 0.199. The van der Waals surface area contributed by atoms with E-state index >= 15 is 0 Å². The van der Waals surface area contributed by atoms with Gasteiger partial charge in [-0.15, -0.1) is 0 Å². The van der Waals surface area contributed by atoms with Crippen LogP contribution < -0.4 is 19.9 Å². The number of ether oxygens (including phenoxy) is 2. The largest absolute Gasteiger partial charge is 0.481 e. The molecule has 13 heteroatoms. The Kier molecular flexibility index (Phi) is 8.87. The lowest BCUT2D eigenvalue weighted by Gasteiger charge is -2.36. The normalized spacial score (nSPS) is 17.8. The molecule has 0 saturated carbocycles. The molecule has 3 aliphatic heterocycles. The van der Waals surface area contributed by atoms with Gasteiger partial charge in [-0.3, -0.25) is 28.6 Å². The molecule has 3 aromatic rings. The van der Waals surface area contributed by atoms with E-state index in [4.69, 9.17) is 31.8 Å². The fourth-order valence-corrected chi connectivity index (χ4v) is 6.92. The molecule has 5 heterocycles. The molecule has 2 aromatic heterocycles. The number of anilines is 1. The van der Waals surface area contributed by atoms with Crippen molar-refractivity contribution in [1.29, 1.82) is 0 Å². The molecule has 11 nitrogen and oxygen atoms in total. The molecule has 0 unspecified atom stereocenters. The van der Waals surface area contributed by atoms with Crippen LogP contribution in [-0.2, 0) is 16.1 Å². The van der Waals surface area contributed by atoms with Crippen LogP contribution in [0, 0.1) is 6.92 Å². The number of nitrogens with zero attached hydrogens (tertiary/aromatic N) is 5. The van der Waals surface area contributed by atoms with Crippen molar-refractivity contribution in [2.45, 2.75) is 39.2 Å². The highest BCUT2D eigenvalue weighted by molar-refractivity contribution is 8.26. The first-order valence-corrected chi connectivity index (χ1v) is 15.9. The van der Waals surface area contributed by atoms with Crippen LogP contribution in [0.5, 0.6) is 11.5 Å². The molecule has 1 aromatic carbocycles. The zero-order chi connectivity index (χ0) is 30.8. The van der Waals surface area contributed by atoms with E-state index in [-0.39, 0.29) is 24.7 Å². The van der Waals surface area contributed by atoms with Crippen LogP contribution in [-0.4, -0.2) is 80.0 Å². The summed E-state index contributed by atoms with van der Waals surface area (Å²) in [6, 6.07) is 9.76. The minimum absolute atomic E-state index is 0.103. The van der Waals surface area contributed by atoms with Crippen LogP contribution in [0.4, 0.5) is 5.82 Å². The second-order valence-corrected chi connectivity index (χ2v) is 12.7. The number of carboxylic acids is 1. The number of fused-ring (bicyclic) bond motifs is 2. The number of benzene rings is 1. The van der Waals surface area contributed by atoms with E-state index in [1.165, 1.54) is 21.1 Å². The van der Waals surface area contributed by atoms with E-state index in [1.54, 1.807) is 12.3 Å². The maximum Gasteiger partial charge on any atom is 0.303 e. The highest BCUT2D eigenvalue weighted by Gasteiger charge is 2.33. The molecule has 0 bridgehead atoms. The van der Waals surface area contributed by atoms with E-state index in [1.807, 2.05) is 31.2 Å². The van der Waals surface area contributed by atoms with Gasteiger partial charge in [-0.05, 0) is 55.2 Å². The smallest absolute Gasteiger partial charge is 0.303 e. The van der Waals surface area contributed by atoms with Crippen molar-refractivity contribution in [3.05, 3.63) is 68.5 Å². The molecule has 0 aliphatic carbocycles. The number of rotatable bonds is 10. The van der Waals surface area contributed by atoms with Gasteiger partial charge < -0.3 is 19.5 Å². The molecule has 1 amide bonds. The van der Waals surface area contributed by atoms with E-state index in [0.717, 1.165) is 42.3 Å². The number of pyridine rings is 1. The van der Waals surface area contributed by atoms with Crippen LogP contribution >= 0.6 is 24.0 Å². The molecule has 230 valence electrons. The summed E-state index contributed by atoms with van der Waals surface area (Å²) < 4.78 is 12.9. The molecular formula is C31H33N5O6S2. The molecule has 3 aliphatic rings. The molecule has 0 radical (unpaired) electrons. The number of thiocarbonyl (C=S) groups is 1. The van der Waals surface area contributed by atoms with Crippen molar-refractivity contribution in [2.24, 2.45) is 0 Å². The number of hydrogen-bond donors (Lipinski definition) is 1. The highest BCUT2D eigenvalue weighted by atomic mass is 32.2. The number of aromatic nitrogens is 2. The number of piperazine rings is 1. The Morgan fingerprint density at radius 3 is 2.68 bits per heavy atom. The van der Waals surface area contributed by atoms with Crippen molar-refractivity contribution in [3.63, 3.8) is 0 Å². The van der Waals surface area contributed by atoms with Crippen LogP contribution in [0.1, 0.15) is 42.4 Å².